The summed E-state index contributed by atoms with van der Waals surface area (Å²) in [5.41, 5.74) is 2.97. The van der Waals surface area contributed by atoms with E-state index < -0.39 is 0 Å². The van der Waals surface area contributed by atoms with Crippen molar-refractivity contribution >= 4 is 16.7 Å². The Morgan fingerprint density at radius 1 is 1.15 bits per heavy atom. The largest absolute Gasteiger partial charge is 0.377 e. The van der Waals surface area contributed by atoms with Crippen molar-refractivity contribution in [2.24, 2.45) is 0 Å². The molecule has 7 heteroatoms. The van der Waals surface area contributed by atoms with Crippen LogP contribution in [0.4, 0.5) is 5.82 Å². The molecule has 3 aromatic rings. The average Bonchev–Trinajstić information content (AvgIpc) is 3.30. The first kappa shape index (κ1) is 15.5. The van der Waals surface area contributed by atoms with Crippen molar-refractivity contribution in [2.75, 3.05) is 18.5 Å². The predicted molar refractivity (Wildman–Crippen MR) is 97.3 cm³/mol. The molecule has 2 aromatic heterocycles. The molecule has 2 unspecified atom stereocenters. The first-order valence-electron chi connectivity index (χ1n) is 8.95. The summed E-state index contributed by atoms with van der Waals surface area (Å²) >= 11 is 0. The summed E-state index contributed by atoms with van der Waals surface area (Å²) in [6.45, 7) is 0.973. The lowest BCUT2D eigenvalue weighted by Gasteiger charge is -2.21. The van der Waals surface area contributed by atoms with Crippen molar-refractivity contribution in [3.05, 3.63) is 58.3 Å². The summed E-state index contributed by atoms with van der Waals surface area (Å²) in [6.07, 6.45) is 4.52. The van der Waals surface area contributed by atoms with Crippen LogP contribution in [0.2, 0.25) is 0 Å². The first-order chi connectivity index (χ1) is 12.8. The lowest BCUT2D eigenvalue weighted by Crippen LogP contribution is -2.38. The summed E-state index contributed by atoms with van der Waals surface area (Å²) in [4.78, 5) is 21.3. The van der Waals surface area contributed by atoms with E-state index in [4.69, 9.17) is 4.74 Å². The van der Waals surface area contributed by atoms with Gasteiger partial charge in [0.15, 0.2) is 0 Å². The molecule has 1 N–H and O–H groups in total. The third-order valence-electron chi connectivity index (χ3n) is 5.21. The summed E-state index contributed by atoms with van der Waals surface area (Å²) < 4.78 is 7.27. The Bertz CT molecular complexity index is 1030. The Kier molecular flexibility index (Phi) is 3.67. The molecular weight excluding hydrogens is 330 g/mol. The molecule has 7 nitrogen and oxygen atoms in total. The van der Waals surface area contributed by atoms with Gasteiger partial charge in [-0.1, -0.05) is 12.1 Å². The Balaban J connectivity index is 1.49. The molecule has 3 heterocycles. The molecule has 0 radical (unpaired) electrons. The second kappa shape index (κ2) is 6.17. The van der Waals surface area contributed by atoms with Gasteiger partial charge in [0.05, 0.1) is 30.5 Å². The second-order valence-corrected chi connectivity index (χ2v) is 6.85. The van der Waals surface area contributed by atoms with E-state index in [0.717, 1.165) is 47.2 Å². The van der Waals surface area contributed by atoms with Gasteiger partial charge in [0.2, 0.25) is 0 Å². The number of benzene rings is 1. The third-order valence-corrected chi connectivity index (χ3v) is 5.21. The molecule has 0 spiro atoms. The van der Waals surface area contributed by atoms with Crippen LogP contribution in [0.3, 0.4) is 0 Å². The number of ether oxygens (including phenoxy) is 1. The standard InChI is InChI=1S/C19H19N5O2/c25-18-8-12-4-3-7-14(12)23-24(18)17-10-26-9-16(17)22-19-13-5-1-2-6-15(13)20-11-21-19/h1-2,5-6,8,11,16-17H,3-4,7,9-10H2,(H,20,21,22). The van der Waals surface area contributed by atoms with E-state index in [0.29, 0.717) is 13.2 Å². The fourth-order valence-corrected chi connectivity index (χ4v) is 3.87. The maximum absolute atomic E-state index is 12.6. The van der Waals surface area contributed by atoms with Crippen LogP contribution in [0.15, 0.2) is 41.5 Å². The Labute approximate surface area is 150 Å². The van der Waals surface area contributed by atoms with Crippen LogP contribution in [0.5, 0.6) is 0 Å². The maximum atomic E-state index is 12.6. The van der Waals surface area contributed by atoms with Gasteiger partial charge in [-0.2, -0.15) is 5.10 Å². The van der Waals surface area contributed by atoms with Gasteiger partial charge in [-0.05, 0) is 37.0 Å². The average molecular weight is 349 g/mol. The van der Waals surface area contributed by atoms with Crippen LogP contribution >= 0.6 is 0 Å². The van der Waals surface area contributed by atoms with E-state index in [-0.39, 0.29) is 17.6 Å². The van der Waals surface area contributed by atoms with Crippen LogP contribution in [0.1, 0.15) is 23.7 Å². The Hall–Kier alpha value is -2.80. The molecule has 0 bridgehead atoms. The highest BCUT2D eigenvalue weighted by molar-refractivity contribution is 5.88. The number of nitrogens with zero attached hydrogens (tertiary/aromatic N) is 4. The van der Waals surface area contributed by atoms with Gasteiger partial charge in [-0.25, -0.2) is 14.6 Å². The molecular formula is C19H19N5O2. The fraction of sp³-hybridized carbons (Fsp3) is 0.368. The molecule has 2 atom stereocenters. The molecule has 0 saturated carbocycles. The van der Waals surface area contributed by atoms with Gasteiger partial charge in [0.1, 0.15) is 18.2 Å². The molecule has 1 aliphatic heterocycles. The molecule has 1 aromatic carbocycles. The zero-order chi connectivity index (χ0) is 17.5. The van der Waals surface area contributed by atoms with Crippen LogP contribution in [0, 0.1) is 0 Å². The summed E-state index contributed by atoms with van der Waals surface area (Å²) in [7, 11) is 0. The highest BCUT2D eigenvalue weighted by Crippen LogP contribution is 2.26. The number of fused-ring (bicyclic) bond motifs is 2. The molecule has 132 valence electrons. The monoisotopic (exact) mass is 349 g/mol. The van der Waals surface area contributed by atoms with Crippen LogP contribution < -0.4 is 10.9 Å². The number of aromatic nitrogens is 4. The zero-order valence-electron chi connectivity index (χ0n) is 14.3. The minimum Gasteiger partial charge on any atom is -0.377 e. The molecule has 1 fully saturated rings. The van der Waals surface area contributed by atoms with Crippen molar-refractivity contribution in [3.8, 4) is 0 Å². The van der Waals surface area contributed by atoms with E-state index >= 15 is 0 Å². The maximum Gasteiger partial charge on any atom is 0.267 e. The molecule has 1 saturated heterocycles. The van der Waals surface area contributed by atoms with Gasteiger partial charge >= 0.3 is 0 Å². The number of hydrogen-bond donors (Lipinski definition) is 1. The minimum absolute atomic E-state index is 0.0551. The van der Waals surface area contributed by atoms with Crippen LogP contribution in [-0.4, -0.2) is 39.0 Å². The molecule has 0 amide bonds. The van der Waals surface area contributed by atoms with Gasteiger partial charge in [0.25, 0.3) is 5.56 Å². The normalized spacial score (nSPS) is 21.8. The summed E-state index contributed by atoms with van der Waals surface area (Å²) in [5.74, 6) is 0.755. The first-order valence-corrected chi connectivity index (χ1v) is 8.95. The number of nitrogens with one attached hydrogen (secondary N) is 1. The van der Waals surface area contributed by atoms with E-state index in [2.05, 4.69) is 20.4 Å². The number of hydrogen-bond acceptors (Lipinski definition) is 6. The highest BCUT2D eigenvalue weighted by atomic mass is 16.5. The molecule has 2 aliphatic rings. The van der Waals surface area contributed by atoms with E-state index in [1.807, 2.05) is 24.3 Å². The fourth-order valence-electron chi connectivity index (χ4n) is 3.87. The minimum atomic E-state index is -0.151. The molecule has 1 aliphatic carbocycles. The van der Waals surface area contributed by atoms with Crippen LogP contribution in [-0.2, 0) is 17.6 Å². The Morgan fingerprint density at radius 3 is 3.04 bits per heavy atom. The Morgan fingerprint density at radius 2 is 2.08 bits per heavy atom. The van der Waals surface area contributed by atoms with Crippen molar-refractivity contribution in [1.29, 1.82) is 0 Å². The number of aryl methyl sites for hydroxylation is 2. The van der Waals surface area contributed by atoms with Crippen molar-refractivity contribution < 1.29 is 4.74 Å². The van der Waals surface area contributed by atoms with E-state index in [1.165, 1.54) is 0 Å². The quantitative estimate of drug-likeness (QED) is 0.775. The van der Waals surface area contributed by atoms with Gasteiger partial charge in [-0.3, -0.25) is 4.79 Å². The van der Waals surface area contributed by atoms with E-state index in [9.17, 15) is 4.79 Å². The lowest BCUT2D eigenvalue weighted by atomic mass is 10.1. The van der Waals surface area contributed by atoms with Crippen molar-refractivity contribution in [3.63, 3.8) is 0 Å². The smallest absolute Gasteiger partial charge is 0.267 e. The second-order valence-electron chi connectivity index (χ2n) is 6.85. The van der Waals surface area contributed by atoms with Crippen molar-refractivity contribution in [1.82, 2.24) is 19.7 Å². The zero-order valence-corrected chi connectivity index (χ0v) is 14.3. The number of rotatable bonds is 3. The topological polar surface area (TPSA) is 81.9 Å². The lowest BCUT2D eigenvalue weighted by molar-refractivity contribution is 0.182. The van der Waals surface area contributed by atoms with Crippen LogP contribution in [0.25, 0.3) is 10.9 Å². The summed E-state index contributed by atoms with van der Waals surface area (Å²) in [5, 5.41) is 9.05. The van der Waals surface area contributed by atoms with Gasteiger partial charge in [-0.15, -0.1) is 0 Å². The van der Waals surface area contributed by atoms with Gasteiger partial charge < -0.3 is 10.1 Å². The number of anilines is 1. The molecule has 26 heavy (non-hydrogen) atoms. The third kappa shape index (κ3) is 2.55. The van der Waals surface area contributed by atoms with E-state index in [1.54, 1.807) is 17.1 Å². The SMILES string of the molecule is O=c1cc2c(nn1C1COCC1Nc1ncnc3ccccc13)CCC2. The van der Waals surface area contributed by atoms with Gasteiger partial charge in [0, 0.05) is 11.5 Å². The highest BCUT2D eigenvalue weighted by Gasteiger charge is 2.32. The van der Waals surface area contributed by atoms with Crippen molar-refractivity contribution in [2.45, 2.75) is 31.3 Å². The number of para-hydroxylation sites is 1. The summed E-state index contributed by atoms with van der Waals surface area (Å²) in [6, 6.07) is 9.38. The molecule has 5 rings (SSSR count). The predicted octanol–water partition coefficient (Wildman–Crippen LogP) is 1.73.